The monoisotopic (exact) mass is 281 g/mol. The second-order valence-corrected chi connectivity index (χ2v) is 7.00. The van der Waals surface area contributed by atoms with Crippen molar-refractivity contribution in [3.8, 4) is 11.1 Å². The Morgan fingerprint density at radius 1 is 0.857 bits per heavy atom. The van der Waals surface area contributed by atoms with Crippen molar-refractivity contribution in [2.24, 2.45) is 5.41 Å². The van der Waals surface area contributed by atoms with E-state index < -0.39 is 0 Å². The highest BCUT2D eigenvalue weighted by Crippen LogP contribution is 2.48. The van der Waals surface area contributed by atoms with Crippen LogP contribution in [0.1, 0.15) is 46.6 Å². The molecule has 0 spiro atoms. The maximum Gasteiger partial charge on any atom is 0.0396 e. The van der Waals surface area contributed by atoms with Gasteiger partial charge in [-0.25, -0.2) is 0 Å². The van der Waals surface area contributed by atoms with Crippen LogP contribution in [0.2, 0.25) is 0 Å². The van der Waals surface area contributed by atoms with E-state index in [2.05, 4.69) is 71.0 Å². The summed E-state index contributed by atoms with van der Waals surface area (Å²) in [7, 11) is 0. The van der Waals surface area contributed by atoms with Gasteiger partial charge < -0.3 is 5.73 Å². The van der Waals surface area contributed by atoms with Gasteiger partial charge in [-0.05, 0) is 28.0 Å². The first-order valence-electron chi connectivity index (χ1n) is 7.75. The molecule has 0 aromatic heterocycles. The van der Waals surface area contributed by atoms with E-state index in [9.17, 15) is 0 Å². The lowest BCUT2D eigenvalue weighted by atomic mass is 9.61. The average Bonchev–Trinajstić information content (AvgIpc) is 2.47. The zero-order chi connectivity index (χ0) is 15.7. The number of nitrogen functional groups attached to an aromatic ring is 1. The number of hydrogen-bond acceptors (Lipinski definition) is 1. The summed E-state index contributed by atoms with van der Waals surface area (Å²) in [4.78, 5) is 0. The molecule has 1 heteroatoms. The third kappa shape index (κ3) is 2.70. The second-order valence-electron chi connectivity index (χ2n) is 7.00. The lowest BCUT2D eigenvalue weighted by molar-refractivity contribution is 0.190. The van der Waals surface area contributed by atoms with Crippen LogP contribution in [0, 0.1) is 5.41 Å². The summed E-state index contributed by atoms with van der Waals surface area (Å²) >= 11 is 0. The normalized spacial score (nSPS) is 12.4. The summed E-state index contributed by atoms with van der Waals surface area (Å²) in [5.74, 6) is 0. The van der Waals surface area contributed by atoms with Crippen molar-refractivity contribution in [3.05, 3.63) is 54.1 Å². The molecule has 0 aliphatic carbocycles. The molecule has 0 radical (unpaired) electrons. The van der Waals surface area contributed by atoms with Gasteiger partial charge in [0, 0.05) is 11.3 Å². The Kier molecular flexibility index (Phi) is 4.13. The summed E-state index contributed by atoms with van der Waals surface area (Å²) in [6.07, 6.45) is 1.13. The highest BCUT2D eigenvalue weighted by molar-refractivity contribution is 5.80. The number of rotatable bonds is 4. The molecule has 1 nitrogen and oxygen atoms in total. The van der Waals surface area contributed by atoms with Gasteiger partial charge in [-0.3, -0.25) is 0 Å². The second kappa shape index (κ2) is 5.55. The van der Waals surface area contributed by atoms with E-state index in [4.69, 9.17) is 5.73 Å². The van der Waals surface area contributed by atoms with E-state index in [-0.39, 0.29) is 10.8 Å². The number of hydrogen-bond donors (Lipinski definition) is 1. The van der Waals surface area contributed by atoms with Gasteiger partial charge in [0.2, 0.25) is 0 Å². The molecule has 2 aromatic carbocycles. The molecule has 0 unspecified atom stereocenters. The van der Waals surface area contributed by atoms with E-state index in [0.717, 1.165) is 12.1 Å². The Hall–Kier alpha value is -1.76. The highest BCUT2D eigenvalue weighted by atomic mass is 14.6. The number of benzene rings is 2. The minimum absolute atomic E-state index is 0.0440. The van der Waals surface area contributed by atoms with Crippen LogP contribution in [0.5, 0.6) is 0 Å². The molecule has 21 heavy (non-hydrogen) atoms. The Morgan fingerprint density at radius 3 is 2.05 bits per heavy atom. The molecule has 0 fully saturated rings. The quantitative estimate of drug-likeness (QED) is 0.720. The van der Waals surface area contributed by atoms with Crippen molar-refractivity contribution in [1.29, 1.82) is 0 Å². The van der Waals surface area contributed by atoms with Gasteiger partial charge in [0.15, 0.2) is 0 Å². The van der Waals surface area contributed by atoms with Crippen molar-refractivity contribution in [1.82, 2.24) is 0 Å². The van der Waals surface area contributed by atoms with E-state index >= 15 is 0 Å². The van der Waals surface area contributed by atoms with Gasteiger partial charge in [-0.1, -0.05) is 83.5 Å². The molecule has 0 saturated heterocycles. The Bertz CT molecular complexity index is 609. The fourth-order valence-electron chi connectivity index (χ4n) is 2.82. The lowest BCUT2D eigenvalue weighted by Gasteiger charge is -2.43. The van der Waals surface area contributed by atoms with Crippen LogP contribution in [-0.2, 0) is 5.41 Å². The minimum atomic E-state index is 0.0440. The predicted molar refractivity (Wildman–Crippen MR) is 93.4 cm³/mol. The van der Waals surface area contributed by atoms with Crippen molar-refractivity contribution in [2.75, 3.05) is 5.73 Å². The van der Waals surface area contributed by atoms with E-state index in [0.29, 0.717) is 0 Å². The maximum atomic E-state index is 6.33. The van der Waals surface area contributed by atoms with Crippen molar-refractivity contribution in [2.45, 2.75) is 46.5 Å². The molecule has 112 valence electrons. The Balaban J connectivity index is 2.69. The predicted octanol–water partition coefficient (Wildman–Crippen LogP) is 5.65. The van der Waals surface area contributed by atoms with Crippen LogP contribution in [0.3, 0.4) is 0 Å². The topological polar surface area (TPSA) is 26.0 Å². The van der Waals surface area contributed by atoms with Crippen molar-refractivity contribution < 1.29 is 0 Å². The molecular weight excluding hydrogens is 254 g/mol. The van der Waals surface area contributed by atoms with Crippen LogP contribution in [-0.4, -0.2) is 0 Å². The third-order valence-corrected chi connectivity index (χ3v) is 5.41. The zero-order valence-electron chi connectivity index (χ0n) is 13.9. The first-order chi connectivity index (χ1) is 9.81. The first kappa shape index (κ1) is 15.6. The molecule has 0 amide bonds. The van der Waals surface area contributed by atoms with Gasteiger partial charge in [0.1, 0.15) is 0 Å². The molecule has 2 rings (SSSR count). The molecule has 0 bridgehead atoms. The standard InChI is InChI=1S/C20H27N/c1-6-19(2,3)20(4,5)16-13-10-14-17(21)18(16)15-11-8-7-9-12-15/h7-14H,6,21H2,1-5H3. The van der Waals surface area contributed by atoms with Crippen molar-refractivity contribution in [3.63, 3.8) is 0 Å². The average molecular weight is 281 g/mol. The van der Waals surface area contributed by atoms with Gasteiger partial charge in [0.05, 0.1) is 0 Å². The van der Waals surface area contributed by atoms with Crippen LogP contribution in [0.25, 0.3) is 11.1 Å². The van der Waals surface area contributed by atoms with E-state index in [1.165, 1.54) is 16.7 Å². The molecule has 0 aliphatic heterocycles. The van der Waals surface area contributed by atoms with E-state index in [1.807, 2.05) is 12.1 Å². The molecule has 2 aromatic rings. The van der Waals surface area contributed by atoms with E-state index in [1.54, 1.807) is 0 Å². The van der Waals surface area contributed by atoms with Gasteiger partial charge >= 0.3 is 0 Å². The van der Waals surface area contributed by atoms with Crippen molar-refractivity contribution >= 4 is 5.69 Å². The van der Waals surface area contributed by atoms with Crippen LogP contribution >= 0.6 is 0 Å². The van der Waals surface area contributed by atoms with Crippen LogP contribution < -0.4 is 5.73 Å². The van der Waals surface area contributed by atoms with Crippen LogP contribution in [0.4, 0.5) is 5.69 Å². The Labute approximate surface area is 129 Å². The van der Waals surface area contributed by atoms with Gasteiger partial charge in [0.25, 0.3) is 0 Å². The van der Waals surface area contributed by atoms with Gasteiger partial charge in [-0.2, -0.15) is 0 Å². The fraction of sp³-hybridized carbons (Fsp3) is 0.400. The summed E-state index contributed by atoms with van der Waals surface area (Å²) < 4.78 is 0. The molecule has 2 N–H and O–H groups in total. The number of nitrogens with two attached hydrogens (primary N) is 1. The Morgan fingerprint density at radius 2 is 1.48 bits per heavy atom. The fourth-order valence-corrected chi connectivity index (χ4v) is 2.82. The van der Waals surface area contributed by atoms with Crippen LogP contribution in [0.15, 0.2) is 48.5 Å². The SMILES string of the molecule is CCC(C)(C)C(C)(C)c1cccc(N)c1-c1ccccc1. The maximum absolute atomic E-state index is 6.33. The van der Waals surface area contributed by atoms with Gasteiger partial charge in [-0.15, -0.1) is 0 Å². The zero-order valence-corrected chi connectivity index (χ0v) is 13.9. The molecule has 0 aliphatic rings. The molecular formula is C20H27N. The molecule has 0 heterocycles. The first-order valence-corrected chi connectivity index (χ1v) is 7.75. The minimum Gasteiger partial charge on any atom is -0.398 e. The summed E-state index contributed by atoms with van der Waals surface area (Å²) in [6, 6.07) is 16.8. The third-order valence-electron chi connectivity index (χ3n) is 5.41. The summed E-state index contributed by atoms with van der Waals surface area (Å²) in [5.41, 5.74) is 11.2. The summed E-state index contributed by atoms with van der Waals surface area (Å²) in [6.45, 7) is 11.6. The molecule has 0 atom stereocenters. The summed E-state index contributed by atoms with van der Waals surface area (Å²) in [5, 5.41) is 0. The largest absolute Gasteiger partial charge is 0.398 e. The highest BCUT2D eigenvalue weighted by Gasteiger charge is 2.38. The molecule has 0 saturated carbocycles. The smallest absolute Gasteiger partial charge is 0.0396 e. The lowest BCUT2D eigenvalue weighted by Crippen LogP contribution is -2.36. The number of anilines is 1.